The molecule has 0 saturated heterocycles. The van der Waals surface area contributed by atoms with Gasteiger partial charge in [-0.1, -0.05) is 0 Å². The standard InChI is InChI=1S/C12H12OS2.F6P/c1-8-6-10(14)7-9(2)12(8)13-11-4-3-5-15-11;1-7(2,3,4,5)6/h3-7,14H,1-2H3;/q;-1/p+1. The average molecular weight is 382 g/mol. The molecule has 0 aliphatic rings. The second-order valence-corrected chi connectivity index (χ2v) is 7.84. The summed E-state index contributed by atoms with van der Waals surface area (Å²) in [6.45, 7) is 4.11. The quantitative estimate of drug-likeness (QED) is 0.312. The average Bonchev–Trinajstić information content (AvgIpc) is 2.71. The number of aryl methyl sites for hydroxylation is 2. The first kappa shape index (κ1) is 19.1. The first-order chi connectivity index (χ1) is 9.61. The van der Waals surface area contributed by atoms with Crippen LogP contribution < -0.4 is 4.74 Å². The van der Waals surface area contributed by atoms with Crippen LogP contribution in [0.4, 0.5) is 25.2 Å². The van der Waals surface area contributed by atoms with E-state index in [0.29, 0.717) is 0 Å². The number of hydrogen-bond donors (Lipinski definition) is 0. The third-order valence-corrected chi connectivity index (χ3v) is 3.19. The summed E-state index contributed by atoms with van der Waals surface area (Å²) in [5.74, 6) is 0.958. The summed E-state index contributed by atoms with van der Waals surface area (Å²) in [4.78, 5) is 1.09. The molecule has 1 heterocycles. The molecule has 1 nitrogen and oxygen atoms in total. The van der Waals surface area contributed by atoms with Gasteiger partial charge in [0.1, 0.15) is 5.75 Å². The van der Waals surface area contributed by atoms with Crippen LogP contribution in [0.1, 0.15) is 11.1 Å². The number of halogens is 6. The van der Waals surface area contributed by atoms with Crippen LogP contribution in [0, 0.1) is 13.8 Å². The van der Waals surface area contributed by atoms with Gasteiger partial charge in [-0.2, -0.15) is 0 Å². The Kier molecular flexibility index (Phi) is 4.88. The molecule has 0 spiro atoms. The Morgan fingerprint density at radius 3 is 1.82 bits per heavy atom. The molecule has 0 fully saturated rings. The van der Waals surface area contributed by atoms with Gasteiger partial charge in [-0.15, -0.1) is 11.3 Å². The van der Waals surface area contributed by atoms with E-state index in [1.54, 1.807) is 11.3 Å². The van der Waals surface area contributed by atoms with Crippen LogP contribution in [0.5, 0.6) is 10.8 Å². The minimum atomic E-state index is -10.7. The normalized spacial score (nSPS) is 14.4. The fourth-order valence-corrected chi connectivity index (χ4v) is 2.55. The number of ether oxygens (including phenoxy) is 1. The summed E-state index contributed by atoms with van der Waals surface area (Å²) in [5.41, 5.74) is 2.29. The van der Waals surface area contributed by atoms with Gasteiger partial charge in [0.25, 0.3) is 0 Å². The summed E-state index contributed by atoms with van der Waals surface area (Å²) >= 11 is 5.13. The summed E-state index contributed by atoms with van der Waals surface area (Å²) in [6.07, 6.45) is 0. The first-order valence-electron chi connectivity index (χ1n) is 5.72. The molecule has 0 radical (unpaired) electrons. The molecule has 0 unspecified atom stereocenters. The molecule has 0 bridgehead atoms. The molecule has 0 N–H and O–H groups in total. The Labute approximate surface area is 132 Å². The molecule has 2 rings (SSSR count). The van der Waals surface area contributed by atoms with Crippen molar-refractivity contribution in [3.05, 3.63) is 40.8 Å². The molecule has 0 aliphatic carbocycles. The van der Waals surface area contributed by atoms with Crippen LogP contribution in [0.2, 0.25) is 0 Å². The second kappa shape index (κ2) is 5.62. The zero-order valence-corrected chi connectivity index (χ0v) is 14.1. The predicted molar refractivity (Wildman–Crippen MR) is 82.3 cm³/mol. The SMILES string of the molecule is Cc1cc([SH2+])cc(C)c1Oc1cccs1.F[P-](F)(F)(F)(F)F. The molecule has 1 aromatic heterocycles. The Morgan fingerprint density at radius 2 is 1.45 bits per heavy atom. The van der Waals surface area contributed by atoms with Gasteiger partial charge in [-0.25, -0.2) is 0 Å². The van der Waals surface area contributed by atoms with Crippen molar-refractivity contribution >= 4 is 31.8 Å². The Balaban J connectivity index is 0.000000295. The summed E-state index contributed by atoms with van der Waals surface area (Å²) in [5, 5.41) is 2.95. The van der Waals surface area contributed by atoms with Crippen LogP contribution in [0.15, 0.2) is 34.5 Å². The molecule has 22 heavy (non-hydrogen) atoms. The molecule has 0 saturated carbocycles. The van der Waals surface area contributed by atoms with Crippen molar-refractivity contribution in [2.75, 3.05) is 0 Å². The van der Waals surface area contributed by atoms with E-state index in [-0.39, 0.29) is 0 Å². The van der Waals surface area contributed by atoms with E-state index in [9.17, 15) is 25.2 Å². The van der Waals surface area contributed by atoms with Crippen molar-refractivity contribution in [2.24, 2.45) is 0 Å². The van der Waals surface area contributed by atoms with Crippen LogP contribution in [0.3, 0.4) is 0 Å². The van der Waals surface area contributed by atoms with Crippen molar-refractivity contribution in [3.63, 3.8) is 0 Å². The van der Waals surface area contributed by atoms with Crippen molar-refractivity contribution in [1.82, 2.24) is 0 Å². The van der Waals surface area contributed by atoms with Crippen LogP contribution in [-0.2, 0) is 12.6 Å². The van der Waals surface area contributed by atoms with Gasteiger partial charge in [0, 0.05) is 0 Å². The van der Waals surface area contributed by atoms with Crippen molar-refractivity contribution in [2.45, 2.75) is 18.7 Å². The van der Waals surface area contributed by atoms with Crippen LogP contribution >= 0.6 is 19.1 Å². The van der Waals surface area contributed by atoms with Crippen molar-refractivity contribution < 1.29 is 29.9 Å². The topological polar surface area (TPSA) is 9.23 Å². The van der Waals surface area contributed by atoms with Crippen molar-refractivity contribution in [1.29, 1.82) is 0 Å². The molecule has 126 valence electrons. The number of benzene rings is 1. The van der Waals surface area contributed by atoms with E-state index >= 15 is 0 Å². The van der Waals surface area contributed by atoms with Crippen LogP contribution in [-0.4, -0.2) is 0 Å². The van der Waals surface area contributed by atoms with Gasteiger partial charge in [0.15, 0.2) is 9.96 Å². The third-order valence-electron chi connectivity index (χ3n) is 2.16. The van der Waals surface area contributed by atoms with Gasteiger partial charge in [0.05, 0.1) is 0 Å². The van der Waals surface area contributed by atoms with E-state index in [1.165, 1.54) is 0 Å². The van der Waals surface area contributed by atoms with Gasteiger partial charge < -0.3 is 4.74 Å². The molecule has 0 atom stereocenters. The van der Waals surface area contributed by atoms with Crippen LogP contribution in [0.25, 0.3) is 0 Å². The molecule has 2 aromatic rings. The van der Waals surface area contributed by atoms with Crippen molar-refractivity contribution in [3.8, 4) is 10.8 Å². The molecular formula is C12H13F6OPS2. The van der Waals surface area contributed by atoms with E-state index in [2.05, 4.69) is 38.6 Å². The summed E-state index contributed by atoms with van der Waals surface area (Å²) in [6, 6.07) is 8.09. The number of thiophene rings is 1. The fraction of sp³-hybridized carbons (Fsp3) is 0.167. The molecule has 10 heteroatoms. The Hall–Kier alpha value is -0.920. The summed E-state index contributed by atoms with van der Waals surface area (Å²) in [7, 11) is -10.7. The van der Waals surface area contributed by atoms with Gasteiger partial charge in [-0.3, -0.25) is 0 Å². The molecular weight excluding hydrogens is 369 g/mol. The van der Waals surface area contributed by atoms with Gasteiger partial charge in [0.2, 0.25) is 0 Å². The molecule has 0 amide bonds. The minimum absolute atomic E-state index is 0.933. The molecule has 1 aromatic carbocycles. The van der Waals surface area contributed by atoms with Gasteiger partial charge in [-0.05, 0) is 67.2 Å². The third kappa shape index (κ3) is 9.17. The monoisotopic (exact) mass is 382 g/mol. The van der Waals surface area contributed by atoms with Gasteiger partial charge >= 0.3 is 33.0 Å². The zero-order valence-electron chi connectivity index (χ0n) is 11.4. The fourth-order valence-electron chi connectivity index (χ4n) is 1.53. The van der Waals surface area contributed by atoms with E-state index in [0.717, 1.165) is 26.8 Å². The zero-order chi connectivity index (χ0) is 17.2. The maximum atomic E-state index is 9.87. The first-order valence-corrected chi connectivity index (χ1v) is 9.13. The Morgan fingerprint density at radius 1 is 1.00 bits per heavy atom. The Bertz CT molecular complexity index is 617. The number of hydrogen-bond acceptors (Lipinski definition) is 2. The second-order valence-electron chi connectivity index (χ2n) is 4.43. The maximum absolute atomic E-state index is 10.7. The van der Waals surface area contributed by atoms with E-state index in [4.69, 9.17) is 4.74 Å². The molecule has 0 aliphatic heterocycles. The van der Waals surface area contributed by atoms with E-state index in [1.807, 2.05) is 17.5 Å². The summed E-state index contributed by atoms with van der Waals surface area (Å²) < 4.78 is 65.0. The number of rotatable bonds is 2. The predicted octanol–water partition coefficient (Wildman–Crippen LogP) is 6.91. The van der Waals surface area contributed by atoms with E-state index < -0.39 is 7.81 Å².